The lowest BCUT2D eigenvalue weighted by molar-refractivity contribution is 0.172. The molecule has 0 radical (unpaired) electrons. The van der Waals surface area contributed by atoms with Gasteiger partial charge in [-0.3, -0.25) is 9.69 Å². The Bertz CT molecular complexity index is 1590. The van der Waals surface area contributed by atoms with Crippen LogP contribution in [0.2, 0.25) is 0 Å². The molecule has 0 fully saturated rings. The standard InChI is InChI=1S/C27H26N6O5/c1-35-21-6-4-18(5-7-21)14-32(17-26-29-30-31-33(26)16-22-3-2-8-36-22)15-20-11-19-12-24-25(38-10-9-37-24)13-23(19)28-27(20)34/h2-8,11-13H,9-10,14-17H2,1H3,(H,28,34). The Kier molecular flexibility index (Phi) is 6.49. The molecule has 0 atom stereocenters. The Balaban J connectivity index is 1.30. The molecule has 6 rings (SSSR count). The molecule has 0 saturated heterocycles. The molecule has 0 unspecified atom stereocenters. The molecule has 0 spiro atoms. The Morgan fingerprint density at radius 2 is 1.84 bits per heavy atom. The summed E-state index contributed by atoms with van der Waals surface area (Å²) < 4.78 is 23.9. The highest BCUT2D eigenvalue weighted by atomic mass is 16.6. The number of fused-ring (bicyclic) bond motifs is 2. The third kappa shape index (κ3) is 5.09. The van der Waals surface area contributed by atoms with E-state index in [9.17, 15) is 4.79 Å². The van der Waals surface area contributed by atoms with Gasteiger partial charge in [-0.15, -0.1) is 5.10 Å². The Labute approximate surface area is 217 Å². The van der Waals surface area contributed by atoms with Crippen LogP contribution in [0.3, 0.4) is 0 Å². The van der Waals surface area contributed by atoms with Crippen LogP contribution in [0.1, 0.15) is 22.7 Å². The summed E-state index contributed by atoms with van der Waals surface area (Å²) in [6.07, 6.45) is 1.62. The number of rotatable bonds is 9. The van der Waals surface area contributed by atoms with E-state index in [-0.39, 0.29) is 5.56 Å². The summed E-state index contributed by atoms with van der Waals surface area (Å²) >= 11 is 0. The van der Waals surface area contributed by atoms with Gasteiger partial charge in [0, 0.05) is 30.1 Å². The highest BCUT2D eigenvalue weighted by molar-refractivity contribution is 5.83. The van der Waals surface area contributed by atoms with Crippen molar-refractivity contribution >= 4 is 10.9 Å². The fourth-order valence-electron chi connectivity index (χ4n) is 4.51. The average Bonchev–Trinajstić information content (AvgIpc) is 3.61. The van der Waals surface area contributed by atoms with Crippen LogP contribution in [-0.4, -0.2) is 50.4 Å². The van der Waals surface area contributed by atoms with Gasteiger partial charge in [-0.05, 0) is 52.4 Å². The number of nitrogens with zero attached hydrogens (tertiary/aromatic N) is 5. The average molecular weight is 515 g/mol. The summed E-state index contributed by atoms with van der Waals surface area (Å²) in [5.74, 6) is 3.50. The van der Waals surface area contributed by atoms with E-state index in [2.05, 4.69) is 25.4 Å². The number of aromatic nitrogens is 5. The van der Waals surface area contributed by atoms with Crippen LogP contribution in [0.5, 0.6) is 17.2 Å². The maximum atomic E-state index is 13.1. The fraction of sp³-hybridized carbons (Fsp3) is 0.259. The van der Waals surface area contributed by atoms with Crippen LogP contribution in [0.25, 0.3) is 10.9 Å². The molecule has 11 heteroatoms. The van der Waals surface area contributed by atoms with Gasteiger partial charge in [0.25, 0.3) is 5.56 Å². The highest BCUT2D eigenvalue weighted by Crippen LogP contribution is 2.33. The second-order valence-electron chi connectivity index (χ2n) is 9.03. The van der Waals surface area contributed by atoms with E-state index in [0.29, 0.717) is 67.8 Å². The Morgan fingerprint density at radius 1 is 1.03 bits per heavy atom. The molecule has 0 saturated carbocycles. The number of ether oxygens (including phenoxy) is 3. The number of hydrogen-bond donors (Lipinski definition) is 1. The van der Waals surface area contributed by atoms with Crippen molar-refractivity contribution < 1.29 is 18.6 Å². The quantitative estimate of drug-likeness (QED) is 0.316. The molecule has 0 amide bonds. The van der Waals surface area contributed by atoms with Gasteiger partial charge >= 0.3 is 0 Å². The number of benzene rings is 2. The highest BCUT2D eigenvalue weighted by Gasteiger charge is 2.18. The molecule has 1 aliphatic heterocycles. The van der Waals surface area contributed by atoms with Crippen molar-refractivity contribution in [3.05, 3.63) is 93.9 Å². The predicted octanol–water partition coefficient (Wildman–Crippen LogP) is 3.14. The van der Waals surface area contributed by atoms with Gasteiger partial charge in [0.1, 0.15) is 31.3 Å². The van der Waals surface area contributed by atoms with Gasteiger partial charge in [-0.1, -0.05) is 12.1 Å². The lowest BCUT2D eigenvalue weighted by Crippen LogP contribution is -2.28. The molecule has 3 aromatic heterocycles. The summed E-state index contributed by atoms with van der Waals surface area (Å²) in [6, 6.07) is 17.2. The van der Waals surface area contributed by atoms with Crippen LogP contribution in [-0.2, 0) is 26.2 Å². The number of H-pyrrole nitrogens is 1. The monoisotopic (exact) mass is 514 g/mol. The van der Waals surface area contributed by atoms with Gasteiger partial charge in [0.2, 0.25) is 0 Å². The van der Waals surface area contributed by atoms with Gasteiger partial charge in [0.05, 0.1) is 25.4 Å². The van der Waals surface area contributed by atoms with Crippen molar-refractivity contribution in [2.24, 2.45) is 0 Å². The second-order valence-corrected chi connectivity index (χ2v) is 9.03. The van der Waals surface area contributed by atoms with Crippen molar-refractivity contribution in [2.75, 3.05) is 20.3 Å². The van der Waals surface area contributed by atoms with Gasteiger partial charge < -0.3 is 23.6 Å². The summed E-state index contributed by atoms with van der Waals surface area (Å²) in [7, 11) is 1.64. The van der Waals surface area contributed by atoms with Gasteiger partial charge in [0.15, 0.2) is 17.3 Å². The molecule has 4 heterocycles. The lowest BCUT2D eigenvalue weighted by atomic mass is 10.1. The van der Waals surface area contributed by atoms with Crippen LogP contribution < -0.4 is 19.8 Å². The predicted molar refractivity (Wildman–Crippen MR) is 137 cm³/mol. The van der Waals surface area contributed by atoms with Crippen molar-refractivity contribution in [1.29, 1.82) is 0 Å². The van der Waals surface area contributed by atoms with E-state index in [4.69, 9.17) is 18.6 Å². The van der Waals surface area contributed by atoms with E-state index in [1.807, 2.05) is 54.6 Å². The lowest BCUT2D eigenvalue weighted by Gasteiger charge is -2.22. The number of aromatic amines is 1. The fourth-order valence-corrected chi connectivity index (χ4v) is 4.51. The number of furan rings is 1. The van der Waals surface area contributed by atoms with Crippen LogP contribution in [0.4, 0.5) is 0 Å². The van der Waals surface area contributed by atoms with Crippen LogP contribution in [0.15, 0.2) is 70.1 Å². The summed E-state index contributed by atoms with van der Waals surface area (Å²) in [5, 5.41) is 13.1. The zero-order valence-electron chi connectivity index (χ0n) is 20.8. The largest absolute Gasteiger partial charge is 0.497 e. The van der Waals surface area contributed by atoms with Gasteiger partial charge in [-0.2, -0.15) is 0 Å². The number of hydrogen-bond acceptors (Lipinski definition) is 9. The first-order chi connectivity index (χ1) is 18.6. The zero-order chi connectivity index (χ0) is 25.9. The minimum absolute atomic E-state index is 0.163. The first-order valence-electron chi connectivity index (χ1n) is 12.2. The molecule has 38 heavy (non-hydrogen) atoms. The van der Waals surface area contributed by atoms with Crippen molar-refractivity contribution in [2.45, 2.75) is 26.2 Å². The zero-order valence-corrected chi connectivity index (χ0v) is 20.8. The molecule has 5 aromatic rings. The molecule has 1 N–H and O–H groups in total. The summed E-state index contributed by atoms with van der Waals surface area (Å²) in [5.41, 5.74) is 2.22. The second kappa shape index (κ2) is 10.4. The van der Waals surface area contributed by atoms with E-state index in [1.54, 1.807) is 18.1 Å². The summed E-state index contributed by atoms with van der Waals surface area (Å²) in [6.45, 7) is 2.75. The first-order valence-corrected chi connectivity index (χ1v) is 12.2. The van der Waals surface area contributed by atoms with Crippen LogP contribution >= 0.6 is 0 Å². The number of pyridine rings is 1. The molecule has 0 aliphatic carbocycles. The smallest absolute Gasteiger partial charge is 0.252 e. The number of methoxy groups -OCH3 is 1. The number of nitrogens with one attached hydrogen (secondary N) is 1. The van der Waals surface area contributed by atoms with E-state index in [1.165, 1.54) is 0 Å². The minimum atomic E-state index is -0.163. The summed E-state index contributed by atoms with van der Waals surface area (Å²) in [4.78, 5) is 18.3. The van der Waals surface area contributed by atoms with Crippen molar-refractivity contribution in [3.63, 3.8) is 0 Å². The molecule has 2 aromatic carbocycles. The third-order valence-electron chi connectivity index (χ3n) is 6.40. The Morgan fingerprint density at radius 3 is 2.61 bits per heavy atom. The molecular weight excluding hydrogens is 488 g/mol. The van der Waals surface area contributed by atoms with E-state index in [0.717, 1.165) is 22.5 Å². The molecule has 11 nitrogen and oxygen atoms in total. The molecule has 194 valence electrons. The maximum absolute atomic E-state index is 13.1. The normalized spacial score (nSPS) is 12.8. The van der Waals surface area contributed by atoms with Gasteiger partial charge in [-0.25, -0.2) is 4.68 Å². The SMILES string of the molecule is COc1ccc(CN(Cc2cc3cc4c(cc3[nH]c2=O)OCCO4)Cc2nnnn2Cc2ccco2)cc1. The van der Waals surface area contributed by atoms with E-state index >= 15 is 0 Å². The third-order valence-corrected chi connectivity index (χ3v) is 6.40. The van der Waals surface area contributed by atoms with Crippen molar-refractivity contribution in [1.82, 2.24) is 30.1 Å². The Hall–Kier alpha value is -4.64. The molecule has 0 bridgehead atoms. The van der Waals surface area contributed by atoms with E-state index < -0.39 is 0 Å². The number of tetrazole rings is 1. The molecule has 1 aliphatic rings. The van der Waals surface area contributed by atoms with Crippen LogP contribution in [0, 0.1) is 0 Å². The molecular formula is C27H26N6O5. The minimum Gasteiger partial charge on any atom is -0.497 e. The maximum Gasteiger partial charge on any atom is 0.252 e. The topological polar surface area (TPSA) is 121 Å². The van der Waals surface area contributed by atoms with Crippen molar-refractivity contribution in [3.8, 4) is 17.2 Å². The first kappa shape index (κ1) is 23.7.